The molecule has 102 valence electrons. The fourth-order valence-electron chi connectivity index (χ4n) is 2.34. The minimum absolute atomic E-state index is 0.204. The molecule has 0 bridgehead atoms. The molecule has 2 aromatic rings. The van der Waals surface area contributed by atoms with Crippen molar-refractivity contribution >= 4 is 11.3 Å². The maximum absolute atomic E-state index is 3.61. The largest absolute Gasteiger partial charge is 0.312 e. The first-order chi connectivity index (χ1) is 9.13. The number of benzene rings is 1. The molecule has 0 radical (unpaired) electrons. The van der Waals surface area contributed by atoms with Gasteiger partial charge < -0.3 is 5.32 Å². The summed E-state index contributed by atoms with van der Waals surface area (Å²) in [6.07, 6.45) is 1.10. The highest BCUT2D eigenvalue weighted by Gasteiger charge is 2.20. The third-order valence-corrected chi connectivity index (χ3v) is 4.81. The SMILES string of the molecule is CCc1ccccc1CNCC(C)(C)c1cccs1. The Morgan fingerprint density at radius 1 is 1.05 bits per heavy atom. The standard InChI is InChI=1S/C17H23NS/c1-4-14-8-5-6-9-15(14)12-18-13-17(2,3)16-10-7-11-19-16/h5-11,18H,4,12-13H2,1-3H3. The molecule has 0 atom stereocenters. The van der Waals surface area contributed by atoms with Crippen LogP contribution in [-0.4, -0.2) is 6.54 Å². The van der Waals surface area contributed by atoms with Gasteiger partial charge in [0.2, 0.25) is 0 Å². The van der Waals surface area contributed by atoms with Crippen LogP contribution in [0.15, 0.2) is 41.8 Å². The molecule has 1 heterocycles. The second kappa shape index (κ2) is 6.36. The minimum Gasteiger partial charge on any atom is -0.312 e. The predicted molar refractivity (Wildman–Crippen MR) is 84.9 cm³/mol. The summed E-state index contributed by atoms with van der Waals surface area (Å²) >= 11 is 1.84. The molecule has 1 aromatic carbocycles. The van der Waals surface area contributed by atoms with Crippen LogP contribution in [-0.2, 0) is 18.4 Å². The smallest absolute Gasteiger partial charge is 0.0208 e. The van der Waals surface area contributed by atoms with Crippen molar-refractivity contribution in [3.05, 3.63) is 57.8 Å². The molecule has 0 unspecified atom stereocenters. The molecule has 0 amide bonds. The first-order valence-electron chi connectivity index (χ1n) is 6.95. The molecule has 0 aliphatic carbocycles. The van der Waals surface area contributed by atoms with Gasteiger partial charge in [0.15, 0.2) is 0 Å². The van der Waals surface area contributed by atoms with Gasteiger partial charge >= 0.3 is 0 Å². The van der Waals surface area contributed by atoms with Crippen LogP contribution in [0, 0.1) is 0 Å². The Hall–Kier alpha value is -1.12. The molecule has 2 rings (SSSR count). The maximum atomic E-state index is 3.61. The van der Waals surface area contributed by atoms with Crippen LogP contribution in [0.3, 0.4) is 0 Å². The van der Waals surface area contributed by atoms with Crippen LogP contribution < -0.4 is 5.32 Å². The zero-order valence-corrected chi connectivity index (χ0v) is 12.9. The summed E-state index contributed by atoms with van der Waals surface area (Å²) in [5.74, 6) is 0. The lowest BCUT2D eigenvalue weighted by molar-refractivity contribution is 0.476. The molecule has 1 aromatic heterocycles. The Labute approximate surface area is 120 Å². The van der Waals surface area contributed by atoms with Crippen molar-refractivity contribution in [1.82, 2.24) is 5.32 Å². The molecular weight excluding hydrogens is 250 g/mol. The van der Waals surface area contributed by atoms with Gasteiger partial charge in [-0.3, -0.25) is 0 Å². The van der Waals surface area contributed by atoms with Gasteiger partial charge in [-0.15, -0.1) is 11.3 Å². The number of hydrogen-bond acceptors (Lipinski definition) is 2. The lowest BCUT2D eigenvalue weighted by Crippen LogP contribution is -2.32. The summed E-state index contributed by atoms with van der Waals surface area (Å²) in [6.45, 7) is 8.79. The van der Waals surface area contributed by atoms with Crippen molar-refractivity contribution in [2.24, 2.45) is 0 Å². The van der Waals surface area contributed by atoms with E-state index in [9.17, 15) is 0 Å². The van der Waals surface area contributed by atoms with Crippen LogP contribution in [0.25, 0.3) is 0 Å². The summed E-state index contributed by atoms with van der Waals surface area (Å²) in [6, 6.07) is 13.1. The molecule has 2 heteroatoms. The predicted octanol–water partition coefficient (Wildman–Crippen LogP) is 4.38. The van der Waals surface area contributed by atoms with Crippen molar-refractivity contribution in [2.75, 3.05) is 6.54 Å². The van der Waals surface area contributed by atoms with Gasteiger partial charge in [0.1, 0.15) is 0 Å². The third-order valence-electron chi connectivity index (χ3n) is 3.57. The van der Waals surface area contributed by atoms with Crippen LogP contribution in [0.5, 0.6) is 0 Å². The van der Waals surface area contributed by atoms with Crippen LogP contribution in [0.1, 0.15) is 36.8 Å². The number of nitrogens with one attached hydrogen (secondary N) is 1. The topological polar surface area (TPSA) is 12.0 Å². The van der Waals surface area contributed by atoms with Gasteiger partial charge in [-0.25, -0.2) is 0 Å². The van der Waals surface area contributed by atoms with Gasteiger partial charge in [0, 0.05) is 23.4 Å². The fourth-order valence-corrected chi connectivity index (χ4v) is 3.19. The average Bonchev–Trinajstić information content (AvgIpc) is 2.94. The van der Waals surface area contributed by atoms with Crippen molar-refractivity contribution in [3.8, 4) is 0 Å². The van der Waals surface area contributed by atoms with Crippen LogP contribution >= 0.6 is 11.3 Å². The average molecular weight is 273 g/mol. The van der Waals surface area contributed by atoms with E-state index in [0.717, 1.165) is 19.5 Å². The molecule has 0 fully saturated rings. The van der Waals surface area contributed by atoms with E-state index >= 15 is 0 Å². The molecule has 0 saturated heterocycles. The normalized spacial score (nSPS) is 11.7. The van der Waals surface area contributed by atoms with Gasteiger partial charge in [-0.1, -0.05) is 51.1 Å². The molecule has 0 aliphatic rings. The number of aryl methyl sites for hydroxylation is 1. The van der Waals surface area contributed by atoms with Crippen molar-refractivity contribution in [3.63, 3.8) is 0 Å². The van der Waals surface area contributed by atoms with Crippen LogP contribution in [0.2, 0.25) is 0 Å². The van der Waals surface area contributed by atoms with Gasteiger partial charge in [-0.2, -0.15) is 0 Å². The molecule has 0 saturated carbocycles. The van der Waals surface area contributed by atoms with E-state index in [2.05, 4.69) is 67.9 Å². The van der Waals surface area contributed by atoms with E-state index in [1.54, 1.807) is 0 Å². The third kappa shape index (κ3) is 3.68. The van der Waals surface area contributed by atoms with E-state index < -0.39 is 0 Å². The lowest BCUT2D eigenvalue weighted by Gasteiger charge is -2.24. The fraction of sp³-hybridized carbons (Fsp3) is 0.412. The van der Waals surface area contributed by atoms with Gasteiger partial charge in [-0.05, 0) is 29.0 Å². The Morgan fingerprint density at radius 3 is 2.42 bits per heavy atom. The lowest BCUT2D eigenvalue weighted by atomic mass is 9.91. The quantitative estimate of drug-likeness (QED) is 0.823. The maximum Gasteiger partial charge on any atom is 0.0208 e. The van der Waals surface area contributed by atoms with E-state index in [-0.39, 0.29) is 5.41 Å². The molecule has 1 N–H and O–H groups in total. The molecule has 19 heavy (non-hydrogen) atoms. The Kier molecular flexibility index (Phi) is 4.78. The Balaban J connectivity index is 1.93. The molecule has 1 nitrogen and oxygen atoms in total. The van der Waals surface area contributed by atoms with Crippen molar-refractivity contribution in [2.45, 2.75) is 39.2 Å². The summed E-state index contributed by atoms with van der Waals surface area (Å²) in [5, 5.41) is 5.77. The number of hydrogen-bond donors (Lipinski definition) is 1. The summed E-state index contributed by atoms with van der Waals surface area (Å²) < 4.78 is 0. The number of rotatable bonds is 6. The Bertz CT molecular complexity index is 500. The van der Waals surface area contributed by atoms with Gasteiger partial charge in [0.25, 0.3) is 0 Å². The van der Waals surface area contributed by atoms with E-state index in [1.165, 1.54) is 16.0 Å². The molecular formula is C17H23NS. The van der Waals surface area contributed by atoms with Crippen molar-refractivity contribution < 1.29 is 0 Å². The highest BCUT2D eigenvalue weighted by molar-refractivity contribution is 7.10. The first kappa shape index (κ1) is 14.3. The molecule has 0 aliphatic heterocycles. The van der Waals surface area contributed by atoms with E-state index in [0.29, 0.717) is 0 Å². The zero-order chi connectivity index (χ0) is 13.7. The van der Waals surface area contributed by atoms with E-state index in [1.807, 2.05) is 11.3 Å². The zero-order valence-electron chi connectivity index (χ0n) is 12.1. The monoisotopic (exact) mass is 273 g/mol. The summed E-state index contributed by atoms with van der Waals surface area (Å²) in [7, 11) is 0. The Morgan fingerprint density at radius 2 is 1.79 bits per heavy atom. The van der Waals surface area contributed by atoms with E-state index in [4.69, 9.17) is 0 Å². The van der Waals surface area contributed by atoms with Crippen molar-refractivity contribution in [1.29, 1.82) is 0 Å². The second-order valence-corrected chi connectivity index (χ2v) is 6.53. The second-order valence-electron chi connectivity index (χ2n) is 5.59. The van der Waals surface area contributed by atoms with Gasteiger partial charge in [0.05, 0.1) is 0 Å². The molecule has 0 spiro atoms. The first-order valence-corrected chi connectivity index (χ1v) is 7.83. The highest BCUT2D eigenvalue weighted by Crippen LogP contribution is 2.26. The summed E-state index contributed by atoms with van der Waals surface area (Å²) in [4.78, 5) is 1.45. The van der Waals surface area contributed by atoms with Crippen LogP contribution in [0.4, 0.5) is 0 Å². The highest BCUT2D eigenvalue weighted by atomic mass is 32.1. The summed E-state index contributed by atoms with van der Waals surface area (Å²) in [5.41, 5.74) is 3.07. The number of thiophene rings is 1. The minimum atomic E-state index is 0.204.